The van der Waals surface area contributed by atoms with Crippen LogP contribution in [0.2, 0.25) is 0 Å². The SMILES string of the molecule is NCc1nccc2nnccc12. The number of hydrogen-bond acceptors (Lipinski definition) is 4. The summed E-state index contributed by atoms with van der Waals surface area (Å²) in [7, 11) is 0. The van der Waals surface area contributed by atoms with Crippen LogP contribution in [0.25, 0.3) is 10.9 Å². The maximum atomic E-state index is 5.51. The minimum absolute atomic E-state index is 0.434. The van der Waals surface area contributed by atoms with Crippen molar-refractivity contribution >= 4 is 10.9 Å². The van der Waals surface area contributed by atoms with Gasteiger partial charge in [-0.15, -0.1) is 0 Å². The van der Waals surface area contributed by atoms with Gasteiger partial charge in [-0.2, -0.15) is 10.2 Å². The van der Waals surface area contributed by atoms with Crippen LogP contribution in [0.3, 0.4) is 0 Å². The monoisotopic (exact) mass is 160 g/mol. The fraction of sp³-hybridized carbons (Fsp3) is 0.125. The molecule has 0 saturated heterocycles. The molecule has 2 rings (SSSR count). The molecule has 2 aromatic rings. The fourth-order valence-electron chi connectivity index (χ4n) is 1.14. The topological polar surface area (TPSA) is 64.7 Å². The van der Waals surface area contributed by atoms with E-state index in [0.29, 0.717) is 6.54 Å². The Morgan fingerprint density at radius 3 is 3.00 bits per heavy atom. The van der Waals surface area contributed by atoms with Crippen LogP contribution in [0.4, 0.5) is 0 Å². The number of pyridine rings is 1. The lowest BCUT2D eigenvalue weighted by atomic mass is 10.2. The molecule has 12 heavy (non-hydrogen) atoms. The second-order valence-corrected chi connectivity index (χ2v) is 2.43. The zero-order chi connectivity index (χ0) is 8.39. The van der Waals surface area contributed by atoms with Crippen LogP contribution in [0, 0.1) is 0 Å². The predicted octanol–water partition coefficient (Wildman–Crippen LogP) is 0.483. The van der Waals surface area contributed by atoms with E-state index in [2.05, 4.69) is 15.2 Å². The van der Waals surface area contributed by atoms with Crippen LogP contribution in [-0.2, 0) is 6.54 Å². The van der Waals surface area contributed by atoms with Crippen LogP contribution >= 0.6 is 0 Å². The molecule has 0 saturated carbocycles. The highest BCUT2D eigenvalue weighted by molar-refractivity contribution is 5.79. The summed E-state index contributed by atoms with van der Waals surface area (Å²) in [5.41, 5.74) is 7.21. The molecular weight excluding hydrogens is 152 g/mol. The Morgan fingerprint density at radius 2 is 2.17 bits per heavy atom. The van der Waals surface area contributed by atoms with Gasteiger partial charge < -0.3 is 5.73 Å². The molecule has 0 atom stereocenters. The van der Waals surface area contributed by atoms with Crippen LogP contribution in [0.5, 0.6) is 0 Å². The molecule has 2 aromatic heterocycles. The summed E-state index contributed by atoms with van der Waals surface area (Å²) in [6.07, 6.45) is 3.34. The number of rotatable bonds is 1. The molecule has 0 aliphatic rings. The Balaban J connectivity index is 2.79. The highest BCUT2D eigenvalue weighted by Crippen LogP contribution is 2.11. The third-order valence-electron chi connectivity index (χ3n) is 1.72. The first kappa shape index (κ1) is 7.12. The average molecular weight is 160 g/mol. The zero-order valence-electron chi connectivity index (χ0n) is 6.44. The predicted molar refractivity (Wildman–Crippen MR) is 45.2 cm³/mol. The minimum Gasteiger partial charge on any atom is -0.325 e. The van der Waals surface area contributed by atoms with Gasteiger partial charge in [0.15, 0.2) is 0 Å². The molecule has 0 spiro atoms. The van der Waals surface area contributed by atoms with Gasteiger partial charge in [-0.05, 0) is 12.1 Å². The Morgan fingerprint density at radius 1 is 1.25 bits per heavy atom. The second kappa shape index (κ2) is 2.83. The first-order chi connectivity index (χ1) is 5.92. The first-order valence-corrected chi connectivity index (χ1v) is 3.67. The maximum absolute atomic E-state index is 5.51. The Hall–Kier alpha value is -1.55. The van der Waals surface area contributed by atoms with E-state index in [0.717, 1.165) is 16.6 Å². The van der Waals surface area contributed by atoms with E-state index in [9.17, 15) is 0 Å². The Kier molecular flexibility index (Phi) is 1.68. The van der Waals surface area contributed by atoms with Crippen LogP contribution in [-0.4, -0.2) is 15.2 Å². The zero-order valence-corrected chi connectivity index (χ0v) is 6.44. The van der Waals surface area contributed by atoms with Crippen molar-refractivity contribution in [3.63, 3.8) is 0 Å². The lowest BCUT2D eigenvalue weighted by Gasteiger charge is -1.99. The highest BCUT2D eigenvalue weighted by atomic mass is 15.1. The van der Waals surface area contributed by atoms with Crippen molar-refractivity contribution < 1.29 is 0 Å². The molecule has 0 aromatic carbocycles. The summed E-state index contributed by atoms with van der Waals surface area (Å²) in [5.74, 6) is 0. The lowest BCUT2D eigenvalue weighted by molar-refractivity contribution is 0.996. The van der Waals surface area contributed by atoms with Crippen molar-refractivity contribution in [1.82, 2.24) is 15.2 Å². The molecule has 4 nitrogen and oxygen atoms in total. The van der Waals surface area contributed by atoms with Crippen LogP contribution in [0.1, 0.15) is 5.69 Å². The normalized spacial score (nSPS) is 10.4. The molecular formula is C8H8N4. The van der Waals surface area contributed by atoms with Gasteiger partial charge in [0.25, 0.3) is 0 Å². The third-order valence-corrected chi connectivity index (χ3v) is 1.72. The number of hydrogen-bond donors (Lipinski definition) is 1. The highest BCUT2D eigenvalue weighted by Gasteiger charge is 1.99. The van der Waals surface area contributed by atoms with E-state index in [1.807, 2.05) is 12.1 Å². The molecule has 4 heteroatoms. The Bertz CT molecular complexity index is 394. The number of nitrogens with two attached hydrogens (primary N) is 1. The number of aromatic nitrogens is 3. The van der Waals surface area contributed by atoms with E-state index >= 15 is 0 Å². The van der Waals surface area contributed by atoms with Crippen molar-refractivity contribution in [2.24, 2.45) is 5.73 Å². The standard InChI is InChI=1S/C8H8N4/c9-5-8-6-1-4-11-12-7(6)2-3-10-8/h1-4H,5,9H2. The van der Waals surface area contributed by atoms with Gasteiger partial charge in [-0.25, -0.2) is 0 Å². The van der Waals surface area contributed by atoms with Crippen LogP contribution in [0.15, 0.2) is 24.5 Å². The van der Waals surface area contributed by atoms with E-state index in [-0.39, 0.29) is 0 Å². The lowest BCUT2D eigenvalue weighted by Crippen LogP contribution is -2.00. The van der Waals surface area contributed by atoms with E-state index in [4.69, 9.17) is 5.73 Å². The summed E-state index contributed by atoms with van der Waals surface area (Å²) < 4.78 is 0. The van der Waals surface area contributed by atoms with Crippen molar-refractivity contribution in [1.29, 1.82) is 0 Å². The summed E-state index contributed by atoms with van der Waals surface area (Å²) in [5, 5.41) is 8.70. The van der Waals surface area contributed by atoms with Gasteiger partial charge in [0.05, 0.1) is 17.4 Å². The van der Waals surface area contributed by atoms with Gasteiger partial charge in [-0.1, -0.05) is 0 Å². The second-order valence-electron chi connectivity index (χ2n) is 2.43. The van der Waals surface area contributed by atoms with Gasteiger partial charge >= 0.3 is 0 Å². The minimum atomic E-state index is 0.434. The van der Waals surface area contributed by atoms with Crippen molar-refractivity contribution in [2.75, 3.05) is 0 Å². The molecule has 0 aliphatic heterocycles. The van der Waals surface area contributed by atoms with Gasteiger partial charge in [0, 0.05) is 18.1 Å². The van der Waals surface area contributed by atoms with Crippen molar-refractivity contribution in [2.45, 2.75) is 6.54 Å². The van der Waals surface area contributed by atoms with E-state index < -0.39 is 0 Å². The molecule has 0 radical (unpaired) electrons. The Labute approximate surface area is 69.4 Å². The summed E-state index contributed by atoms with van der Waals surface area (Å²) in [6.45, 7) is 0.434. The smallest absolute Gasteiger partial charge is 0.0963 e. The molecule has 0 amide bonds. The molecule has 0 aliphatic carbocycles. The molecule has 0 unspecified atom stereocenters. The van der Waals surface area contributed by atoms with Gasteiger partial charge in [0.2, 0.25) is 0 Å². The largest absolute Gasteiger partial charge is 0.325 e. The molecule has 0 fully saturated rings. The summed E-state index contributed by atoms with van der Waals surface area (Å²) >= 11 is 0. The number of nitrogens with zero attached hydrogens (tertiary/aromatic N) is 3. The quantitative estimate of drug-likeness (QED) is 0.659. The van der Waals surface area contributed by atoms with E-state index in [1.54, 1.807) is 12.4 Å². The fourth-order valence-corrected chi connectivity index (χ4v) is 1.14. The number of fused-ring (bicyclic) bond motifs is 1. The van der Waals surface area contributed by atoms with Crippen LogP contribution < -0.4 is 5.73 Å². The van der Waals surface area contributed by atoms with Gasteiger partial charge in [0.1, 0.15) is 0 Å². The van der Waals surface area contributed by atoms with Crippen molar-refractivity contribution in [3.05, 3.63) is 30.2 Å². The maximum Gasteiger partial charge on any atom is 0.0963 e. The molecule has 2 N–H and O–H groups in total. The van der Waals surface area contributed by atoms with E-state index in [1.165, 1.54) is 0 Å². The van der Waals surface area contributed by atoms with Gasteiger partial charge in [-0.3, -0.25) is 4.98 Å². The molecule has 0 bridgehead atoms. The molecule has 2 heterocycles. The first-order valence-electron chi connectivity index (χ1n) is 3.67. The average Bonchev–Trinajstić information content (AvgIpc) is 2.17. The molecule has 60 valence electrons. The summed E-state index contributed by atoms with van der Waals surface area (Å²) in [6, 6.07) is 3.69. The third kappa shape index (κ3) is 1.02. The summed E-state index contributed by atoms with van der Waals surface area (Å²) in [4.78, 5) is 4.13. The van der Waals surface area contributed by atoms with Crippen molar-refractivity contribution in [3.8, 4) is 0 Å².